The van der Waals surface area contributed by atoms with Gasteiger partial charge in [0.2, 0.25) is 0 Å². The molecule has 1 atom stereocenters. The molecular formula is C18H14N2O2. The number of nitriles is 1. The fraction of sp³-hybridized carbons (Fsp3) is 0.111. The molecule has 4 nitrogen and oxygen atoms in total. The Labute approximate surface area is 128 Å². The Balaban J connectivity index is 2.06. The molecule has 0 radical (unpaired) electrons. The van der Waals surface area contributed by atoms with Gasteiger partial charge in [-0.15, -0.1) is 0 Å². The van der Waals surface area contributed by atoms with E-state index in [1.54, 1.807) is 37.5 Å². The van der Waals surface area contributed by atoms with Gasteiger partial charge in [-0.05, 0) is 35.9 Å². The zero-order chi connectivity index (χ0) is 15.5. The first kappa shape index (κ1) is 13.9. The van der Waals surface area contributed by atoms with Crippen molar-refractivity contribution in [3.05, 3.63) is 65.7 Å². The number of nitrogens with zero attached hydrogens (tertiary/aromatic N) is 2. The van der Waals surface area contributed by atoms with Gasteiger partial charge in [0.25, 0.3) is 5.91 Å². The maximum atomic E-state index is 12.9. The van der Waals surface area contributed by atoms with Crippen molar-refractivity contribution in [2.75, 3.05) is 12.0 Å². The molecule has 0 spiro atoms. The summed E-state index contributed by atoms with van der Waals surface area (Å²) in [6.07, 6.45) is 3.61. The number of carbonyl (C=O) groups excluding carboxylic acids is 1. The summed E-state index contributed by atoms with van der Waals surface area (Å²) in [5.41, 5.74) is 2.15. The molecule has 4 heteroatoms. The third-order valence-corrected chi connectivity index (χ3v) is 3.60. The van der Waals surface area contributed by atoms with E-state index in [1.165, 1.54) is 4.90 Å². The molecule has 0 aliphatic carbocycles. The summed E-state index contributed by atoms with van der Waals surface area (Å²) in [5.74, 6) is 0.391. The summed E-state index contributed by atoms with van der Waals surface area (Å²) in [7, 11) is 1.56. The lowest BCUT2D eigenvalue weighted by atomic mass is 10.0. The van der Waals surface area contributed by atoms with Gasteiger partial charge in [-0.1, -0.05) is 30.3 Å². The predicted octanol–water partition coefficient (Wildman–Crippen LogP) is 3.26. The molecule has 0 saturated carbocycles. The Morgan fingerprint density at radius 1 is 1.23 bits per heavy atom. The van der Waals surface area contributed by atoms with E-state index >= 15 is 0 Å². The van der Waals surface area contributed by atoms with E-state index in [4.69, 9.17) is 4.74 Å². The van der Waals surface area contributed by atoms with Crippen molar-refractivity contribution in [2.45, 2.75) is 6.04 Å². The summed E-state index contributed by atoms with van der Waals surface area (Å²) < 4.78 is 5.17. The number of benzene rings is 2. The average molecular weight is 290 g/mol. The minimum atomic E-state index is -0.617. The molecule has 108 valence electrons. The van der Waals surface area contributed by atoms with Gasteiger partial charge in [0.05, 0.1) is 18.9 Å². The minimum absolute atomic E-state index is 0.220. The van der Waals surface area contributed by atoms with Crippen LogP contribution in [-0.2, 0) is 0 Å². The van der Waals surface area contributed by atoms with Crippen LogP contribution in [0.5, 0.6) is 5.75 Å². The number of amides is 1. The lowest BCUT2D eigenvalue weighted by molar-refractivity contribution is 0.0984. The molecule has 1 heterocycles. The third kappa shape index (κ3) is 2.33. The van der Waals surface area contributed by atoms with Crippen LogP contribution in [-0.4, -0.2) is 19.1 Å². The first-order valence-electron chi connectivity index (χ1n) is 6.89. The number of hydrogen-bond acceptors (Lipinski definition) is 3. The van der Waals surface area contributed by atoms with E-state index in [-0.39, 0.29) is 5.91 Å². The van der Waals surface area contributed by atoms with Crippen LogP contribution in [0, 0.1) is 11.3 Å². The Morgan fingerprint density at radius 3 is 2.82 bits per heavy atom. The highest BCUT2D eigenvalue weighted by atomic mass is 16.5. The molecule has 0 saturated heterocycles. The molecule has 0 fully saturated rings. The van der Waals surface area contributed by atoms with Gasteiger partial charge in [0.1, 0.15) is 11.8 Å². The Hall–Kier alpha value is -3.06. The molecule has 2 aromatic carbocycles. The van der Waals surface area contributed by atoms with Crippen LogP contribution >= 0.6 is 0 Å². The zero-order valence-electron chi connectivity index (χ0n) is 12.1. The normalized spacial score (nSPS) is 15.8. The SMILES string of the molecule is COc1cccc(C(=O)N2c3ccccc3C=CC2C#N)c1. The highest BCUT2D eigenvalue weighted by molar-refractivity contribution is 6.09. The van der Waals surface area contributed by atoms with Gasteiger partial charge in [-0.3, -0.25) is 9.69 Å². The van der Waals surface area contributed by atoms with Crippen molar-refractivity contribution < 1.29 is 9.53 Å². The van der Waals surface area contributed by atoms with Crippen molar-refractivity contribution in [3.63, 3.8) is 0 Å². The highest BCUT2D eigenvalue weighted by Crippen LogP contribution is 2.30. The molecule has 0 aromatic heterocycles. The Kier molecular flexibility index (Phi) is 3.63. The summed E-state index contributed by atoms with van der Waals surface area (Å²) in [5, 5.41) is 9.36. The maximum Gasteiger partial charge on any atom is 0.259 e. The molecule has 1 aliphatic heterocycles. The highest BCUT2D eigenvalue weighted by Gasteiger charge is 2.28. The second kappa shape index (κ2) is 5.74. The number of fused-ring (bicyclic) bond motifs is 1. The number of para-hydroxylation sites is 1. The number of rotatable bonds is 2. The molecule has 2 aromatic rings. The number of anilines is 1. The van der Waals surface area contributed by atoms with Crippen molar-refractivity contribution in [1.29, 1.82) is 5.26 Å². The fourth-order valence-corrected chi connectivity index (χ4v) is 2.51. The van der Waals surface area contributed by atoms with E-state index in [9.17, 15) is 10.1 Å². The van der Waals surface area contributed by atoms with Gasteiger partial charge in [0, 0.05) is 5.56 Å². The van der Waals surface area contributed by atoms with Crippen LogP contribution in [0.3, 0.4) is 0 Å². The minimum Gasteiger partial charge on any atom is -0.497 e. The van der Waals surface area contributed by atoms with Crippen LogP contribution in [0.25, 0.3) is 6.08 Å². The summed E-state index contributed by atoms with van der Waals surface area (Å²) >= 11 is 0. The van der Waals surface area contributed by atoms with Gasteiger partial charge < -0.3 is 4.74 Å². The zero-order valence-corrected chi connectivity index (χ0v) is 12.1. The van der Waals surface area contributed by atoms with E-state index in [0.29, 0.717) is 11.3 Å². The van der Waals surface area contributed by atoms with Crippen molar-refractivity contribution in [1.82, 2.24) is 0 Å². The van der Waals surface area contributed by atoms with Crippen LogP contribution < -0.4 is 9.64 Å². The largest absolute Gasteiger partial charge is 0.497 e. The third-order valence-electron chi connectivity index (χ3n) is 3.60. The summed E-state index contributed by atoms with van der Waals surface area (Å²) in [4.78, 5) is 14.4. The second-order valence-corrected chi connectivity index (χ2v) is 4.90. The van der Waals surface area contributed by atoms with Crippen molar-refractivity contribution in [3.8, 4) is 11.8 Å². The smallest absolute Gasteiger partial charge is 0.259 e. The van der Waals surface area contributed by atoms with Gasteiger partial charge in [0.15, 0.2) is 0 Å². The molecule has 0 N–H and O–H groups in total. The molecule has 1 aliphatic rings. The maximum absolute atomic E-state index is 12.9. The van der Waals surface area contributed by atoms with Crippen molar-refractivity contribution >= 4 is 17.7 Å². The number of carbonyl (C=O) groups is 1. The number of methoxy groups -OCH3 is 1. The summed E-state index contributed by atoms with van der Waals surface area (Å²) in [6.45, 7) is 0. The topological polar surface area (TPSA) is 53.3 Å². The van der Waals surface area contributed by atoms with E-state index < -0.39 is 6.04 Å². The van der Waals surface area contributed by atoms with Crippen LogP contribution in [0.15, 0.2) is 54.6 Å². The van der Waals surface area contributed by atoms with Crippen LogP contribution in [0.1, 0.15) is 15.9 Å². The molecule has 1 unspecified atom stereocenters. The average Bonchev–Trinajstić information content (AvgIpc) is 2.60. The van der Waals surface area contributed by atoms with Gasteiger partial charge in [-0.25, -0.2) is 0 Å². The predicted molar refractivity (Wildman–Crippen MR) is 84.7 cm³/mol. The summed E-state index contributed by atoms with van der Waals surface area (Å²) in [6, 6.07) is 16.0. The van der Waals surface area contributed by atoms with Gasteiger partial charge in [-0.2, -0.15) is 5.26 Å². The van der Waals surface area contributed by atoms with Crippen molar-refractivity contribution in [2.24, 2.45) is 0 Å². The molecular weight excluding hydrogens is 276 g/mol. The van der Waals surface area contributed by atoms with E-state index in [1.807, 2.05) is 30.3 Å². The lowest BCUT2D eigenvalue weighted by Gasteiger charge is -2.30. The monoisotopic (exact) mass is 290 g/mol. The first-order valence-corrected chi connectivity index (χ1v) is 6.89. The molecule has 0 bridgehead atoms. The molecule has 3 rings (SSSR count). The van der Waals surface area contributed by atoms with Crippen LogP contribution in [0.4, 0.5) is 5.69 Å². The number of ether oxygens (including phenoxy) is 1. The number of hydrogen-bond donors (Lipinski definition) is 0. The lowest BCUT2D eigenvalue weighted by Crippen LogP contribution is -2.40. The second-order valence-electron chi connectivity index (χ2n) is 4.90. The Bertz CT molecular complexity index is 790. The van der Waals surface area contributed by atoms with E-state index in [2.05, 4.69) is 6.07 Å². The van der Waals surface area contributed by atoms with Crippen LogP contribution in [0.2, 0.25) is 0 Å². The molecule has 1 amide bonds. The Morgan fingerprint density at radius 2 is 2.05 bits per heavy atom. The first-order chi connectivity index (χ1) is 10.7. The molecule has 22 heavy (non-hydrogen) atoms. The van der Waals surface area contributed by atoms with Gasteiger partial charge >= 0.3 is 0 Å². The quantitative estimate of drug-likeness (QED) is 0.853. The standard InChI is InChI=1S/C18H14N2O2/c1-22-16-7-4-6-14(11-16)18(21)20-15(12-19)10-9-13-5-2-3-8-17(13)20/h2-11,15H,1H3. The van der Waals surface area contributed by atoms with E-state index in [0.717, 1.165) is 11.3 Å². The fourth-order valence-electron chi connectivity index (χ4n) is 2.51.